The zero-order valence-electron chi connectivity index (χ0n) is 10.5. The number of rotatable bonds is 4. The fourth-order valence-electron chi connectivity index (χ4n) is 2.70. The number of carbonyl (C=O) groups excluding carboxylic acids is 1. The molecule has 0 bridgehead atoms. The Morgan fingerprint density at radius 1 is 1.50 bits per heavy atom. The molecule has 1 amide bonds. The topological polar surface area (TPSA) is 42.0 Å². The first-order valence-corrected chi connectivity index (χ1v) is 6.89. The first kappa shape index (κ1) is 12.0. The molecular formula is C14H17ClN2O. The number of aromatic nitrogens is 1. The number of hydrogen-bond acceptors (Lipinski definition) is 2. The third-order valence-corrected chi connectivity index (χ3v) is 4.31. The van der Waals surface area contributed by atoms with Gasteiger partial charge in [0.15, 0.2) is 0 Å². The number of halogens is 1. The molecule has 0 unspecified atom stereocenters. The average molecular weight is 265 g/mol. The molecule has 0 atom stereocenters. The fourth-order valence-corrected chi connectivity index (χ4v) is 2.95. The van der Waals surface area contributed by atoms with Crippen LogP contribution in [0.2, 0.25) is 5.15 Å². The molecule has 1 aromatic rings. The second-order valence-electron chi connectivity index (χ2n) is 5.64. The molecule has 1 heterocycles. The molecule has 96 valence electrons. The van der Waals surface area contributed by atoms with Crippen LogP contribution >= 0.6 is 11.6 Å². The maximum Gasteiger partial charge on any atom is 0.251 e. The van der Waals surface area contributed by atoms with Gasteiger partial charge in [-0.3, -0.25) is 4.79 Å². The zero-order valence-corrected chi connectivity index (χ0v) is 11.3. The SMILES string of the molecule is Cc1cc(C(=O)NCC2(C3CC3)CC2)cc(Cl)n1. The van der Waals surface area contributed by atoms with Crippen LogP contribution in [0.1, 0.15) is 41.7 Å². The summed E-state index contributed by atoms with van der Waals surface area (Å²) in [6.45, 7) is 2.66. The summed E-state index contributed by atoms with van der Waals surface area (Å²) in [6, 6.07) is 3.40. The van der Waals surface area contributed by atoms with Crippen LogP contribution in [0.4, 0.5) is 0 Å². The maximum atomic E-state index is 12.1. The zero-order chi connectivity index (χ0) is 12.8. The maximum absolute atomic E-state index is 12.1. The van der Waals surface area contributed by atoms with E-state index in [9.17, 15) is 4.79 Å². The van der Waals surface area contributed by atoms with Gasteiger partial charge in [-0.15, -0.1) is 0 Å². The van der Waals surface area contributed by atoms with E-state index in [-0.39, 0.29) is 5.91 Å². The summed E-state index contributed by atoms with van der Waals surface area (Å²) in [6.07, 6.45) is 5.23. The van der Waals surface area contributed by atoms with Crippen molar-refractivity contribution in [2.24, 2.45) is 11.3 Å². The van der Waals surface area contributed by atoms with Gasteiger partial charge in [0.25, 0.3) is 5.91 Å². The molecule has 1 aromatic heterocycles. The van der Waals surface area contributed by atoms with Crippen LogP contribution < -0.4 is 5.32 Å². The van der Waals surface area contributed by atoms with Crippen molar-refractivity contribution in [3.8, 4) is 0 Å². The first-order valence-electron chi connectivity index (χ1n) is 6.51. The van der Waals surface area contributed by atoms with E-state index >= 15 is 0 Å². The number of nitrogens with zero attached hydrogens (tertiary/aromatic N) is 1. The Balaban J connectivity index is 1.64. The van der Waals surface area contributed by atoms with E-state index in [1.165, 1.54) is 25.7 Å². The van der Waals surface area contributed by atoms with Gasteiger partial charge in [0.1, 0.15) is 5.15 Å². The summed E-state index contributed by atoms with van der Waals surface area (Å²) in [4.78, 5) is 16.1. The lowest BCUT2D eigenvalue weighted by molar-refractivity contribution is 0.0942. The van der Waals surface area contributed by atoms with Crippen LogP contribution in [0, 0.1) is 18.3 Å². The molecule has 2 aliphatic carbocycles. The van der Waals surface area contributed by atoms with Gasteiger partial charge >= 0.3 is 0 Å². The molecule has 18 heavy (non-hydrogen) atoms. The Bertz CT molecular complexity index is 472. The van der Waals surface area contributed by atoms with Crippen molar-refractivity contribution < 1.29 is 4.79 Å². The van der Waals surface area contributed by atoms with Crippen molar-refractivity contribution in [2.45, 2.75) is 32.6 Å². The van der Waals surface area contributed by atoms with Crippen LogP contribution in [0.3, 0.4) is 0 Å². The summed E-state index contributed by atoms with van der Waals surface area (Å²) in [5.74, 6) is 0.829. The highest BCUT2D eigenvalue weighted by atomic mass is 35.5. The van der Waals surface area contributed by atoms with Gasteiger partial charge in [-0.05, 0) is 56.1 Å². The Morgan fingerprint density at radius 2 is 2.22 bits per heavy atom. The van der Waals surface area contributed by atoms with Gasteiger partial charge < -0.3 is 5.32 Å². The van der Waals surface area contributed by atoms with Gasteiger partial charge in [0.05, 0.1) is 0 Å². The van der Waals surface area contributed by atoms with Crippen molar-refractivity contribution in [1.29, 1.82) is 0 Å². The lowest BCUT2D eigenvalue weighted by Crippen LogP contribution is -2.31. The van der Waals surface area contributed by atoms with Crippen molar-refractivity contribution in [2.75, 3.05) is 6.54 Å². The van der Waals surface area contributed by atoms with E-state index in [4.69, 9.17) is 11.6 Å². The van der Waals surface area contributed by atoms with E-state index in [0.717, 1.165) is 18.2 Å². The molecule has 1 N–H and O–H groups in total. The summed E-state index contributed by atoms with van der Waals surface area (Å²) in [5, 5.41) is 3.43. The number of pyridine rings is 1. The predicted molar refractivity (Wildman–Crippen MR) is 70.7 cm³/mol. The van der Waals surface area contributed by atoms with E-state index in [1.807, 2.05) is 6.92 Å². The molecule has 4 heteroatoms. The Kier molecular flexibility index (Phi) is 2.81. The minimum Gasteiger partial charge on any atom is -0.351 e. The summed E-state index contributed by atoms with van der Waals surface area (Å²) in [5.41, 5.74) is 1.82. The second kappa shape index (κ2) is 4.23. The lowest BCUT2D eigenvalue weighted by atomic mass is 10.0. The number of aryl methyl sites for hydroxylation is 1. The normalized spacial score (nSPS) is 20.6. The summed E-state index contributed by atoms with van der Waals surface area (Å²) in [7, 11) is 0. The number of hydrogen-bond donors (Lipinski definition) is 1. The Hall–Kier alpha value is -1.09. The van der Waals surface area contributed by atoms with Crippen molar-refractivity contribution >= 4 is 17.5 Å². The Labute approximate surface area is 112 Å². The molecule has 2 fully saturated rings. The Morgan fingerprint density at radius 3 is 2.78 bits per heavy atom. The van der Waals surface area contributed by atoms with Crippen molar-refractivity contribution in [3.05, 3.63) is 28.5 Å². The molecule has 0 spiro atoms. The van der Waals surface area contributed by atoms with Gasteiger partial charge in [-0.25, -0.2) is 4.98 Å². The molecular weight excluding hydrogens is 248 g/mol. The van der Waals surface area contributed by atoms with Gasteiger partial charge in [0.2, 0.25) is 0 Å². The highest BCUT2D eigenvalue weighted by molar-refractivity contribution is 6.29. The van der Waals surface area contributed by atoms with E-state index < -0.39 is 0 Å². The van der Waals surface area contributed by atoms with E-state index in [1.54, 1.807) is 12.1 Å². The van der Waals surface area contributed by atoms with Crippen molar-refractivity contribution in [1.82, 2.24) is 10.3 Å². The summed E-state index contributed by atoms with van der Waals surface area (Å²) < 4.78 is 0. The lowest BCUT2D eigenvalue weighted by Gasteiger charge is -2.15. The molecule has 3 rings (SSSR count). The van der Waals surface area contributed by atoms with E-state index in [0.29, 0.717) is 16.1 Å². The molecule has 3 nitrogen and oxygen atoms in total. The second-order valence-corrected chi connectivity index (χ2v) is 6.03. The van der Waals surface area contributed by atoms with Gasteiger partial charge in [-0.2, -0.15) is 0 Å². The largest absolute Gasteiger partial charge is 0.351 e. The third kappa shape index (κ3) is 2.37. The minimum absolute atomic E-state index is 0.0330. The van der Waals surface area contributed by atoms with Gasteiger partial charge in [-0.1, -0.05) is 11.6 Å². The van der Waals surface area contributed by atoms with Crippen LogP contribution in [-0.4, -0.2) is 17.4 Å². The highest BCUT2D eigenvalue weighted by Gasteiger charge is 2.53. The van der Waals surface area contributed by atoms with Crippen LogP contribution in [0.5, 0.6) is 0 Å². The molecule has 0 aliphatic heterocycles. The predicted octanol–water partition coefficient (Wildman–Crippen LogP) is 2.96. The molecule has 0 aromatic carbocycles. The average Bonchev–Trinajstić information content (AvgIpc) is 3.15. The third-order valence-electron chi connectivity index (χ3n) is 4.12. The number of amides is 1. The van der Waals surface area contributed by atoms with Crippen LogP contribution in [0.15, 0.2) is 12.1 Å². The fraction of sp³-hybridized carbons (Fsp3) is 0.571. The first-order chi connectivity index (χ1) is 8.59. The minimum atomic E-state index is -0.0330. The van der Waals surface area contributed by atoms with Crippen LogP contribution in [0.25, 0.3) is 0 Å². The van der Waals surface area contributed by atoms with Crippen LogP contribution in [-0.2, 0) is 0 Å². The molecule has 2 saturated carbocycles. The number of nitrogens with one attached hydrogen (secondary N) is 1. The quantitative estimate of drug-likeness (QED) is 0.850. The van der Waals surface area contributed by atoms with Gasteiger partial charge in [0, 0.05) is 17.8 Å². The monoisotopic (exact) mass is 264 g/mol. The summed E-state index contributed by atoms with van der Waals surface area (Å²) >= 11 is 5.87. The molecule has 0 saturated heterocycles. The van der Waals surface area contributed by atoms with Crippen molar-refractivity contribution in [3.63, 3.8) is 0 Å². The molecule has 2 aliphatic rings. The smallest absolute Gasteiger partial charge is 0.251 e. The number of carbonyl (C=O) groups is 1. The molecule has 0 radical (unpaired) electrons. The highest BCUT2D eigenvalue weighted by Crippen LogP contribution is 2.60. The van der Waals surface area contributed by atoms with E-state index in [2.05, 4.69) is 10.3 Å². The standard InChI is InChI=1S/C14H17ClN2O/c1-9-6-10(7-12(15)17-9)13(18)16-8-14(4-5-14)11-2-3-11/h6-7,11H,2-5,8H2,1H3,(H,16,18).